The van der Waals surface area contributed by atoms with Crippen molar-refractivity contribution >= 4 is 56.8 Å². The molecule has 2 N–H and O–H groups in total. The Kier molecular flexibility index (Phi) is 10.7. The fourth-order valence-electron chi connectivity index (χ4n) is 6.72. The minimum absolute atomic E-state index is 0.00280. The van der Waals surface area contributed by atoms with Gasteiger partial charge < -0.3 is 20.1 Å². The van der Waals surface area contributed by atoms with Crippen LogP contribution < -0.4 is 10.1 Å². The molecular formula is C36H39ClF2N2O4S2. The third kappa shape index (κ3) is 7.55. The van der Waals surface area contributed by atoms with Crippen molar-refractivity contribution in [2.75, 3.05) is 13.4 Å². The summed E-state index contributed by atoms with van der Waals surface area (Å²) in [5.74, 6) is -1.04. The van der Waals surface area contributed by atoms with Gasteiger partial charge in [-0.05, 0) is 90.8 Å². The third-order valence-corrected chi connectivity index (χ3v) is 11.4. The van der Waals surface area contributed by atoms with Crippen LogP contribution in [0.1, 0.15) is 61.7 Å². The number of rotatable bonds is 9. The smallest absolute Gasteiger partial charge is 0.404 e. The lowest BCUT2D eigenvalue weighted by Crippen LogP contribution is -2.50. The number of hydrogen-bond donors (Lipinski definition) is 2. The second-order valence-electron chi connectivity index (χ2n) is 13.0. The van der Waals surface area contributed by atoms with Crippen LogP contribution in [0.4, 0.5) is 13.6 Å². The largest absolute Gasteiger partial charge is 0.496 e. The number of nitrogens with zero attached hydrogens (tertiary/aromatic N) is 1. The van der Waals surface area contributed by atoms with Crippen LogP contribution in [0, 0.1) is 23.0 Å². The molecule has 1 aliphatic carbocycles. The summed E-state index contributed by atoms with van der Waals surface area (Å²) >= 11 is 9.15. The number of fused-ring (bicyclic) bond motifs is 1. The molecule has 5 rings (SSSR count). The number of thiophene rings is 1. The topological polar surface area (TPSA) is 78.9 Å². The minimum atomic E-state index is -1.06. The second-order valence-corrected chi connectivity index (χ2v) is 15.3. The average Bonchev–Trinajstić information content (AvgIpc) is 3.41. The van der Waals surface area contributed by atoms with Crippen LogP contribution in [-0.2, 0) is 6.54 Å². The molecule has 4 aromatic rings. The summed E-state index contributed by atoms with van der Waals surface area (Å²) in [6.45, 7) is 6.24. The molecule has 6 nitrogen and oxygen atoms in total. The van der Waals surface area contributed by atoms with Crippen molar-refractivity contribution in [3.8, 4) is 16.9 Å². The van der Waals surface area contributed by atoms with Gasteiger partial charge in [0.2, 0.25) is 0 Å². The van der Waals surface area contributed by atoms with Gasteiger partial charge in [-0.25, -0.2) is 13.6 Å². The minimum Gasteiger partial charge on any atom is -0.496 e. The maximum Gasteiger partial charge on any atom is 0.404 e. The van der Waals surface area contributed by atoms with Crippen LogP contribution in [0.2, 0.25) is 5.02 Å². The number of hydrogen-bond acceptors (Lipinski definition) is 5. The molecule has 2 amide bonds. The van der Waals surface area contributed by atoms with E-state index in [9.17, 15) is 23.5 Å². The van der Waals surface area contributed by atoms with Gasteiger partial charge in [0.05, 0.1) is 22.2 Å². The number of methoxy groups -OCH3 is 1. The zero-order valence-corrected chi connectivity index (χ0v) is 29.4. The highest BCUT2D eigenvalue weighted by Gasteiger charge is 2.39. The van der Waals surface area contributed by atoms with E-state index in [0.29, 0.717) is 31.4 Å². The van der Waals surface area contributed by atoms with Gasteiger partial charge in [-0.1, -0.05) is 50.6 Å². The van der Waals surface area contributed by atoms with Crippen LogP contribution in [0.5, 0.6) is 5.75 Å². The van der Waals surface area contributed by atoms with Crippen molar-refractivity contribution in [3.05, 3.63) is 81.7 Å². The fourth-order valence-corrected chi connectivity index (χ4v) is 8.69. The molecule has 0 spiro atoms. The quantitative estimate of drug-likeness (QED) is 0.170. The summed E-state index contributed by atoms with van der Waals surface area (Å²) in [5.41, 5.74) is 2.47. The molecule has 1 atom stereocenters. The SMILES string of the molecule is COc1ccc(-c2cccc(SC)c2)cc1CN(C(=O)c1sc2c(F)ccc(F)c2c1Cl)C1CCC(C(NC(=O)O)C(C)(C)C)CC1. The Bertz CT molecular complexity index is 1780. The number of carbonyl (C=O) groups is 2. The van der Waals surface area contributed by atoms with Gasteiger partial charge in [0.1, 0.15) is 22.3 Å². The molecular weight excluding hydrogens is 662 g/mol. The summed E-state index contributed by atoms with van der Waals surface area (Å²) in [5, 5.41) is 12.1. The number of carbonyl (C=O) groups excluding carboxylic acids is 1. The first-order chi connectivity index (χ1) is 22.3. The first-order valence-electron chi connectivity index (χ1n) is 15.5. The van der Waals surface area contributed by atoms with Crippen molar-refractivity contribution in [2.24, 2.45) is 11.3 Å². The van der Waals surface area contributed by atoms with Crippen LogP contribution in [0.15, 0.2) is 59.5 Å². The predicted molar refractivity (Wildman–Crippen MR) is 187 cm³/mol. The van der Waals surface area contributed by atoms with E-state index in [4.69, 9.17) is 16.3 Å². The number of carboxylic acid groups (broad SMARTS) is 1. The molecule has 1 aromatic heterocycles. The Morgan fingerprint density at radius 2 is 1.74 bits per heavy atom. The third-order valence-electron chi connectivity index (χ3n) is 9.03. The van der Waals surface area contributed by atoms with E-state index < -0.39 is 23.6 Å². The van der Waals surface area contributed by atoms with Gasteiger partial charge in [-0.3, -0.25) is 4.79 Å². The van der Waals surface area contributed by atoms with Crippen molar-refractivity contribution in [1.29, 1.82) is 0 Å². The molecule has 0 radical (unpaired) electrons. The number of nitrogens with one attached hydrogen (secondary N) is 1. The van der Waals surface area contributed by atoms with E-state index in [1.54, 1.807) is 23.8 Å². The maximum atomic E-state index is 14.8. The Morgan fingerprint density at radius 3 is 2.36 bits per heavy atom. The van der Waals surface area contributed by atoms with E-state index in [0.717, 1.165) is 45.1 Å². The summed E-state index contributed by atoms with van der Waals surface area (Å²) < 4.78 is 35.4. The molecule has 1 heterocycles. The normalized spacial score (nSPS) is 17.4. The van der Waals surface area contributed by atoms with Gasteiger partial charge in [0.25, 0.3) is 5.91 Å². The first-order valence-corrected chi connectivity index (χ1v) is 17.9. The van der Waals surface area contributed by atoms with Crippen LogP contribution in [-0.4, -0.2) is 47.5 Å². The Labute approximate surface area is 287 Å². The zero-order chi connectivity index (χ0) is 34.0. The van der Waals surface area contributed by atoms with Gasteiger partial charge in [-0.15, -0.1) is 23.1 Å². The second kappa shape index (κ2) is 14.4. The first kappa shape index (κ1) is 35.0. The summed E-state index contributed by atoms with van der Waals surface area (Å²) in [6.07, 6.45) is 3.59. The van der Waals surface area contributed by atoms with Crippen molar-refractivity contribution in [3.63, 3.8) is 0 Å². The van der Waals surface area contributed by atoms with E-state index in [1.165, 1.54) is 0 Å². The summed E-state index contributed by atoms with van der Waals surface area (Å²) in [4.78, 5) is 29.1. The molecule has 3 aromatic carbocycles. The highest BCUT2D eigenvalue weighted by atomic mass is 35.5. The molecule has 1 saturated carbocycles. The highest BCUT2D eigenvalue weighted by Crippen LogP contribution is 2.42. The number of thioether (sulfide) groups is 1. The lowest BCUT2D eigenvalue weighted by Gasteiger charge is -2.43. The maximum absolute atomic E-state index is 14.8. The molecule has 1 unspecified atom stereocenters. The lowest BCUT2D eigenvalue weighted by atomic mass is 9.72. The molecule has 1 fully saturated rings. The number of amides is 2. The van der Waals surface area contributed by atoms with Crippen molar-refractivity contribution < 1.29 is 28.2 Å². The molecule has 250 valence electrons. The average molecular weight is 701 g/mol. The molecule has 0 saturated heterocycles. The lowest BCUT2D eigenvalue weighted by molar-refractivity contribution is 0.0543. The molecule has 47 heavy (non-hydrogen) atoms. The van der Waals surface area contributed by atoms with Gasteiger partial charge >= 0.3 is 6.09 Å². The van der Waals surface area contributed by atoms with Gasteiger partial charge in [-0.2, -0.15) is 0 Å². The van der Waals surface area contributed by atoms with E-state index in [1.807, 2.05) is 63.4 Å². The Morgan fingerprint density at radius 1 is 1.06 bits per heavy atom. The highest BCUT2D eigenvalue weighted by molar-refractivity contribution is 7.98. The van der Waals surface area contributed by atoms with E-state index in [2.05, 4.69) is 11.4 Å². The van der Waals surface area contributed by atoms with Crippen LogP contribution in [0.25, 0.3) is 21.2 Å². The number of benzene rings is 3. The number of halogens is 3. The van der Waals surface area contributed by atoms with Crippen molar-refractivity contribution in [2.45, 2.75) is 70.0 Å². The van der Waals surface area contributed by atoms with E-state index >= 15 is 0 Å². The molecule has 1 aliphatic rings. The Hall–Kier alpha value is -3.34. The molecule has 0 bridgehead atoms. The van der Waals surface area contributed by atoms with E-state index in [-0.39, 0.29) is 49.9 Å². The van der Waals surface area contributed by atoms with Crippen LogP contribution >= 0.6 is 34.7 Å². The molecule has 11 heteroatoms. The zero-order valence-electron chi connectivity index (χ0n) is 27.0. The summed E-state index contributed by atoms with van der Waals surface area (Å²) in [6, 6.07) is 15.6. The van der Waals surface area contributed by atoms with Gasteiger partial charge in [0.15, 0.2) is 0 Å². The van der Waals surface area contributed by atoms with Crippen LogP contribution in [0.3, 0.4) is 0 Å². The fraction of sp³-hybridized carbons (Fsp3) is 0.389. The number of ether oxygens (including phenoxy) is 1. The van der Waals surface area contributed by atoms with Crippen molar-refractivity contribution in [1.82, 2.24) is 10.2 Å². The monoisotopic (exact) mass is 700 g/mol. The van der Waals surface area contributed by atoms with Gasteiger partial charge in [0, 0.05) is 29.1 Å². The predicted octanol–water partition coefficient (Wildman–Crippen LogP) is 10.1. The summed E-state index contributed by atoms with van der Waals surface area (Å²) in [7, 11) is 1.58. The Balaban J connectivity index is 1.53. The standard InChI is InChI=1S/C36H39ClF2N2O4S2/c1-36(2,3)33(40-35(43)44)20-9-12-24(13-10-20)41(34(42)32-30(37)29-26(38)14-15-27(39)31(29)47-32)19-23-17-22(11-16-28(23)45-4)21-7-6-8-25(18-21)46-5/h6-8,11,14-18,20,24,33,40H,9-10,12-13,19H2,1-5H3,(H,43,44). The molecule has 0 aliphatic heterocycles.